The van der Waals surface area contributed by atoms with Crippen molar-refractivity contribution in [3.63, 3.8) is 0 Å². The fourth-order valence-electron chi connectivity index (χ4n) is 3.03. The Kier molecular flexibility index (Phi) is 4.58. The molecule has 0 aliphatic heterocycles. The van der Waals surface area contributed by atoms with Gasteiger partial charge in [0.2, 0.25) is 5.89 Å². The molecule has 3 N–H and O–H groups in total. The van der Waals surface area contributed by atoms with E-state index < -0.39 is 0 Å². The molecule has 4 rings (SSSR count). The van der Waals surface area contributed by atoms with Crippen LogP contribution in [0.1, 0.15) is 36.2 Å². The van der Waals surface area contributed by atoms with E-state index in [0.29, 0.717) is 35.3 Å². The van der Waals surface area contributed by atoms with Crippen LogP contribution in [0.15, 0.2) is 46.7 Å². The molecular weight excluding hydrogens is 345 g/mol. The van der Waals surface area contributed by atoms with Crippen LogP contribution in [0.5, 0.6) is 0 Å². The van der Waals surface area contributed by atoms with Crippen molar-refractivity contribution in [1.82, 2.24) is 20.3 Å². The molecule has 1 aliphatic carbocycles. The second kappa shape index (κ2) is 7.19. The van der Waals surface area contributed by atoms with E-state index in [4.69, 9.17) is 15.1 Å². The van der Waals surface area contributed by atoms with Crippen LogP contribution >= 0.6 is 0 Å². The van der Waals surface area contributed by atoms with Crippen LogP contribution < -0.4 is 11.1 Å². The number of halogens is 1. The molecule has 27 heavy (non-hydrogen) atoms. The minimum absolute atomic E-state index is 0.246. The highest BCUT2D eigenvalue weighted by Gasteiger charge is 2.22. The van der Waals surface area contributed by atoms with Crippen LogP contribution in [-0.4, -0.2) is 15.0 Å². The van der Waals surface area contributed by atoms with Gasteiger partial charge >= 0.3 is 0 Å². The number of aryl methyl sites for hydroxylation is 1. The maximum absolute atomic E-state index is 13.1. The van der Waals surface area contributed by atoms with Crippen LogP contribution in [0.25, 0.3) is 17.3 Å². The third kappa shape index (κ3) is 3.53. The zero-order chi connectivity index (χ0) is 18.8. The van der Waals surface area contributed by atoms with Gasteiger partial charge in [0, 0.05) is 6.54 Å². The normalized spacial score (nSPS) is 13.3. The lowest BCUT2D eigenvalue weighted by molar-refractivity contribution is 0.571. The predicted octanol–water partition coefficient (Wildman–Crippen LogP) is 3.85. The van der Waals surface area contributed by atoms with Gasteiger partial charge in [0.05, 0.1) is 17.6 Å². The van der Waals surface area contributed by atoms with Crippen LogP contribution in [0.4, 0.5) is 10.2 Å². The topological polar surface area (TPSA) is 89.9 Å². The average molecular weight is 365 g/mol. The van der Waals surface area contributed by atoms with Crippen LogP contribution in [0, 0.1) is 12.7 Å². The number of allylic oxidation sites excluding steroid dienone is 1. The summed E-state index contributed by atoms with van der Waals surface area (Å²) in [6.45, 7) is 2.42. The van der Waals surface area contributed by atoms with Crippen molar-refractivity contribution in [2.24, 2.45) is 0 Å². The second-order valence-corrected chi connectivity index (χ2v) is 6.54. The van der Waals surface area contributed by atoms with Crippen molar-refractivity contribution in [3.05, 3.63) is 65.1 Å². The first-order valence-corrected chi connectivity index (χ1v) is 8.86. The number of nitrogens with zero attached hydrogens (tertiary/aromatic N) is 3. The SMILES string of the molecule is Cc1nc(C(NCc2ccc(F)cc2)=C2CCC2)c(N)nc1-c1ncco1. The Morgan fingerprint density at radius 1 is 1.22 bits per heavy atom. The first-order valence-electron chi connectivity index (χ1n) is 8.86. The van der Waals surface area contributed by atoms with E-state index in [0.717, 1.165) is 30.5 Å². The number of nitrogens with one attached hydrogen (secondary N) is 1. The molecule has 6 nitrogen and oxygen atoms in total. The maximum atomic E-state index is 13.1. The molecule has 0 radical (unpaired) electrons. The van der Waals surface area contributed by atoms with Gasteiger partial charge in [-0.15, -0.1) is 0 Å². The number of rotatable bonds is 5. The smallest absolute Gasteiger partial charge is 0.246 e. The number of anilines is 1. The molecule has 7 heteroatoms. The van der Waals surface area contributed by atoms with Gasteiger partial charge in [-0.1, -0.05) is 12.1 Å². The third-order valence-corrected chi connectivity index (χ3v) is 4.66. The van der Waals surface area contributed by atoms with Gasteiger partial charge in [-0.25, -0.2) is 19.3 Å². The molecule has 0 atom stereocenters. The Balaban J connectivity index is 1.65. The molecule has 0 bridgehead atoms. The van der Waals surface area contributed by atoms with Crippen molar-refractivity contribution in [2.75, 3.05) is 5.73 Å². The minimum Gasteiger partial charge on any atom is -0.443 e. The number of oxazole rings is 1. The Morgan fingerprint density at radius 3 is 2.63 bits per heavy atom. The quantitative estimate of drug-likeness (QED) is 0.714. The van der Waals surface area contributed by atoms with E-state index in [-0.39, 0.29) is 5.82 Å². The Morgan fingerprint density at radius 2 is 2.00 bits per heavy atom. The van der Waals surface area contributed by atoms with Gasteiger partial charge in [-0.3, -0.25) is 0 Å². The molecule has 1 saturated carbocycles. The third-order valence-electron chi connectivity index (χ3n) is 4.66. The molecule has 0 amide bonds. The van der Waals surface area contributed by atoms with Gasteiger partial charge in [-0.05, 0) is 49.5 Å². The first kappa shape index (κ1) is 17.2. The van der Waals surface area contributed by atoms with Crippen molar-refractivity contribution in [1.29, 1.82) is 0 Å². The number of nitrogen functional groups attached to an aromatic ring is 1. The molecular formula is C20H20FN5O. The van der Waals surface area contributed by atoms with E-state index >= 15 is 0 Å². The number of nitrogens with two attached hydrogens (primary N) is 1. The van der Waals surface area contributed by atoms with E-state index in [9.17, 15) is 4.39 Å². The van der Waals surface area contributed by atoms with Gasteiger partial charge in [0.25, 0.3) is 0 Å². The largest absolute Gasteiger partial charge is 0.443 e. The van der Waals surface area contributed by atoms with Crippen LogP contribution in [0.2, 0.25) is 0 Å². The average Bonchev–Trinajstić information content (AvgIpc) is 3.14. The molecule has 2 heterocycles. The number of aromatic nitrogens is 3. The fraction of sp³-hybridized carbons (Fsp3) is 0.250. The minimum atomic E-state index is -0.246. The van der Waals surface area contributed by atoms with Crippen molar-refractivity contribution in [3.8, 4) is 11.6 Å². The number of hydrogen-bond acceptors (Lipinski definition) is 6. The summed E-state index contributed by atoms with van der Waals surface area (Å²) in [4.78, 5) is 13.3. The van der Waals surface area contributed by atoms with E-state index in [1.165, 1.54) is 24.0 Å². The molecule has 0 saturated heterocycles. The highest BCUT2D eigenvalue weighted by molar-refractivity contribution is 5.73. The van der Waals surface area contributed by atoms with Gasteiger partial charge in [0.1, 0.15) is 23.5 Å². The monoisotopic (exact) mass is 365 g/mol. The zero-order valence-corrected chi connectivity index (χ0v) is 15.0. The van der Waals surface area contributed by atoms with E-state index in [2.05, 4.69) is 15.3 Å². The lowest BCUT2D eigenvalue weighted by Gasteiger charge is -2.24. The lowest BCUT2D eigenvalue weighted by Crippen LogP contribution is -2.20. The summed E-state index contributed by atoms with van der Waals surface area (Å²) < 4.78 is 18.4. The highest BCUT2D eigenvalue weighted by Crippen LogP contribution is 2.34. The molecule has 1 aromatic carbocycles. The van der Waals surface area contributed by atoms with Crippen molar-refractivity contribution >= 4 is 11.5 Å². The van der Waals surface area contributed by atoms with Gasteiger partial charge < -0.3 is 15.5 Å². The predicted molar refractivity (Wildman–Crippen MR) is 101 cm³/mol. The summed E-state index contributed by atoms with van der Waals surface area (Å²) in [6.07, 6.45) is 6.22. The Bertz CT molecular complexity index is 974. The Hall–Kier alpha value is -3.22. The van der Waals surface area contributed by atoms with Gasteiger partial charge in [0.15, 0.2) is 5.82 Å². The Labute approximate surface area is 156 Å². The van der Waals surface area contributed by atoms with Gasteiger partial charge in [-0.2, -0.15) is 0 Å². The van der Waals surface area contributed by atoms with E-state index in [1.54, 1.807) is 18.3 Å². The van der Waals surface area contributed by atoms with E-state index in [1.807, 2.05) is 6.92 Å². The summed E-state index contributed by atoms with van der Waals surface area (Å²) in [5, 5.41) is 3.43. The summed E-state index contributed by atoms with van der Waals surface area (Å²) in [5.41, 5.74) is 11.3. The fourth-order valence-corrected chi connectivity index (χ4v) is 3.03. The zero-order valence-electron chi connectivity index (χ0n) is 15.0. The number of hydrogen-bond donors (Lipinski definition) is 2. The van der Waals surface area contributed by atoms with Crippen molar-refractivity contribution in [2.45, 2.75) is 32.7 Å². The standard InChI is InChI=1S/C20H20FN5O/c1-12-16(20-23-9-10-27-20)26-19(22)18(25-12)17(14-3-2-4-14)24-11-13-5-7-15(21)8-6-13/h5-10,24H,2-4,11H2,1H3,(H2,22,26). The molecule has 0 unspecified atom stereocenters. The summed E-state index contributed by atoms with van der Waals surface area (Å²) in [6, 6.07) is 6.43. The molecule has 0 spiro atoms. The summed E-state index contributed by atoms with van der Waals surface area (Å²) in [7, 11) is 0. The number of benzene rings is 1. The highest BCUT2D eigenvalue weighted by atomic mass is 19.1. The first-order chi connectivity index (χ1) is 13.1. The summed E-state index contributed by atoms with van der Waals surface area (Å²) >= 11 is 0. The lowest BCUT2D eigenvalue weighted by atomic mass is 9.89. The molecule has 2 aromatic heterocycles. The summed E-state index contributed by atoms with van der Waals surface area (Å²) in [5.74, 6) is 0.481. The van der Waals surface area contributed by atoms with Crippen LogP contribution in [-0.2, 0) is 6.54 Å². The second-order valence-electron chi connectivity index (χ2n) is 6.54. The van der Waals surface area contributed by atoms with Crippen molar-refractivity contribution < 1.29 is 8.81 Å². The van der Waals surface area contributed by atoms with Crippen LogP contribution in [0.3, 0.4) is 0 Å². The molecule has 3 aromatic rings. The maximum Gasteiger partial charge on any atom is 0.246 e. The molecule has 138 valence electrons. The molecule has 1 aliphatic rings. The molecule has 1 fully saturated rings.